The minimum Gasteiger partial charge on any atom is -0.462 e. The topological polar surface area (TPSA) is 76.5 Å². The Hall–Kier alpha value is -1.82. The van der Waals surface area contributed by atoms with E-state index in [0.717, 1.165) is 4.52 Å². The average Bonchev–Trinajstić information content (AvgIpc) is 2.66. The number of carbonyl (C=O) groups excluding carboxylic acids is 1. The molecule has 2 aromatic rings. The molecule has 0 unspecified atom stereocenters. The van der Waals surface area contributed by atoms with Crippen molar-refractivity contribution in [2.45, 2.75) is 19.7 Å². The van der Waals surface area contributed by atoms with Gasteiger partial charge in [0.15, 0.2) is 5.65 Å². The number of hydrogen-bond donors (Lipinski definition) is 1. The normalized spacial score (nSPS) is 10.8. The van der Waals surface area contributed by atoms with Crippen molar-refractivity contribution < 1.29 is 9.53 Å². The Morgan fingerprint density at radius 1 is 1.61 bits per heavy atom. The molecule has 0 bridgehead atoms. The largest absolute Gasteiger partial charge is 0.462 e. The van der Waals surface area contributed by atoms with E-state index in [-0.39, 0.29) is 23.6 Å². The maximum absolute atomic E-state index is 11.8. The van der Waals surface area contributed by atoms with Crippen molar-refractivity contribution >= 4 is 23.2 Å². The molecule has 2 aromatic heterocycles. The first-order chi connectivity index (χ1) is 8.58. The molecule has 0 aliphatic carbocycles. The fraction of sp³-hybridized carbons (Fsp3) is 0.364. The SMILES string of the molecule is CCOC(=O)c1c(C)nn2c(=O)cc(CCl)[nH]c12. The third-order valence-electron chi connectivity index (χ3n) is 2.47. The minimum atomic E-state index is -0.507. The van der Waals surface area contributed by atoms with Gasteiger partial charge in [0, 0.05) is 11.8 Å². The molecule has 0 saturated carbocycles. The molecule has 0 aliphatic heterocycles. The van der Waals surface area contributed by atoms with Crippen molar-refractivity contribution in [2.75, 3.05) is 6.61 Å². The van der Waals surface area contributed by atoms with Gasteiger partial charge in [0.05, 0.1) is 18.2 Å². The summed E-state index contributed by atoms with van der Waals surface area (Å²) in [6.07, 6.45) is 0. The van der Waals surface area contributed by atoms with E-state index < -0.39 is 5.97 Å². The lowest BCUT2D eigenvalue weighted by Gasteiger charge is -2.02. The highest BCUT2D eigenvalue weighted by Crippen LogP contribution is 2.14. The number of H-pyrrole nitrogens is 1. The number of fused-ring (bicyclic) bond motifs is 1. The fourth-order valence-corrected chi connectivity index (χ4v) is 1.86. The molecule has 7 heteroatoms. The van der Waals surface area contributed by atoms with Crippen LogP contribution in [-0.2, 0) is 10.6 Å². The van der Waals surface area contributed by atoms with Crippen LogP contribution in [0.25, 0.3) is 5.65 Å². The number of aryl methyl sites for hydroxylation is 1. The van der Waals surface area contributed by atoms with Gasteiger partial charge < -0.3 is 9.72 Å². The van der Waals surface area contributed by atoms with Crippen molar-refractivity contribution in [3.8, 4) is 0 Å². The molecule has 0 amide bonds. The summed E-state index contributed by atoms with van der Waals surface area (Å²) in [5.74, 6) is -0.356. The highest BCUT2D eigenvalue weighted by molar-refractivity contribution is 6.16. The summed E-state index contributed by atoms with van der Waals surface area (Å²) < 4.78 is 6.08. The molecule has 0 aromatic carbocycles. The monoisotopic (exact) mass is 269 g/mol. The Morgan fingerprint density at radius 3 is 2.94 bits per heavy atom. The van der Waals surface area contributed by atoms with Crippen LogP contribution >= 0.6 is 11.6 Å². The molecule has 1 N–H and O–H groups in total. The molecular weight excluding hydrogens is 258 g/mol. The van der Waals surface area contributed by atoms with Crippen LogP contribution in [0.4, 0.5) is 0 Å². The van der Waals surface area contributed by atoms with Crippen molar-refractivity contribution in [3.05, 3.63) is 33.4 Å². The van der Waals surface area contributed by atoms with E-state index in [1.807, 2.05) is 0 Å². The Kier molecular flexibility index (Phi) is 3.38. The number of carbonyl (C=O) groups is 1. The minimum absolute atomic E-state index is 0.151. The molecule has 0 aliphatic rings. The predicted molar refractivity (Wildman–Crippen MR) is 66.1 cm³/mol. The maximum Gasteiger partial charge on any atom is 0.343 e. The van der Waals surface area contributed by atoms with Gasteiger partial charge in [0.1, 0.15) is 5.56 Å². The molecule has 96 valence electrons. The Balaban J connectivity index is 2.73. The molecule has 0 atom stereocenters. The van der Waals surface area contributed by atoms with Crippen LogP contribution in [0.5, 0.6) is 0 Å². The number of rotatable bonds is 3. The van der Waals surface area contributed by atoms with Crippen molar-refractivity contribution in [1.82, 2.24) is 14.6 Å². The van der Waals surface area contributed by atoms with E-state index in [1.165, 1.54) is 6.07 Å². The van der Waals surface area contributed by atoms with Crippen LogP contribution < -0.4 is 5.56 Å². The Morgan fingerprint density at radius 2 is 2.33 bits per heavy atom. The van der Waals surface area contributed by atoms with Crippen molar-refractivity contribution in [1.29, 1.82) is 0 Å². The van der Waals surface area contributed by atoms with Crippen LogP contribution in [0.2, 0.25) is 0 Å². The second-order valence-electron chi connectivity index (χ2n) is 3.71. The molecular formula is C11H12ClN3O3. The van der Waals surface area contributed by atoms with Gasteiger partial charge in [0.2, 0.25) is 0 Å². The van der Waals surface area contributed by atoms with Gasteiger partial charge in [-0.15, -0.1) is 11.6 Å². The second-order valence-corrected chi connectivity index (χ2v) is 3.97. The number of aromatic amines is 1. The highest BCUT2D eigenvalue weighted by atomic mass is 35.5. The summed E-state index contributed by atoms with van der Waals surface area (Å²) in [6.45, 7) is 3.62. The number of nitrogens with zero attached hydrogens (tertiary/aromatic N) is 2. The third-order valence-corrected chi connectivity index (χ3v) is 2.76. The first kappa shape index (κ1) is 12.6. The molecule has 18 heavy (non-hydrogen) atoms. The zero-order valence-electron chi connectivity index (χ0n) is 9.99. The average molecular weight is 270 g/mol. The van der Waals surface area contributed by atoms with E-state index in [4.69, 9.17) is 16.3 Å². The quantitative estimate of drug-likeness (QED) is 0.672. The smallest absolute Gasteiger partial charge is 0.343 e. The van der Waals surface area contributed by atoms with Gasteiger partial charge in [-0.25, -0.2) is 4.79 Å². The van der Waals surface area contributed by atoms with E-state index in [9.17, 15) is 9.59 Å². The van der Waals surface area contributed by atoms with Gasteiger partial charge in [-0.2, -0.15) is 9.61 Å². The molecule has 0 radical (unpaired) electrons. The fourth-order valence-electron chi connectivity index (χ4n) is 1.72. The van der Waals surface area contributed by atoms with Crippen LogP contribution in [0.3, 0.4) is 0 Å². The number of aromatic nitrogens is 3. The van der Waals surface area contributed by atoms with Crippen LogP contribution in [-0.4, -0.2) is 27.2 Å². The zero-order valence-corrected chi connectivity index (χ0v) is 10.7. The van der Waals surface area contributed by atoms with E-state index >= 15 is 0 Å². The van der Waals surface area contributed by atoms with Crippen LogP contribution in [0, 0.1) is 6.92 Å². The Bertz CT molecular complexity index is 659. The van der Waals surface area contributed by atoms with Gasteiger partial charge in [-0.1, -0.05) is 0 Å². The zero-order chi connectivity index (χ0) is 13.3. The van der Waals surface area contributed by atoms with Gasteiger partial charge in [-0.3, -0.25) is 4.79 Å². The number of esters is 1. The van der Waals surface area contributed by atoms with Crippen LogP contribution in [0.15, 0.2) is 10.9 Å². The maximum atomic E-state index is 11.8. The summed E-state index contributed by atoms with van der Waals surface area (Å²) >= 11 is 5.68. The van der Waals surface area contributed by atoms with Crippen LogP contribution in [0.1, 0.15) is 28.7 Å². The van der Waals surface area contributed by atoms with Gasteiger partial charge in [-0.05, 0) is 13.8 Å². The number of hydrogen-bond acceptors (Lipinski definition) is 4. The lowest BCUT2D eigenvalue weighted by molar-refractivity contribution is 0.0527. The first-order valence-corrected chi connectivity index (χ1v) is 5.96. The first-order valence-electron chi connectivity index (χ1n) is 5.43. The van der Waals surface area contributed by atoms with Gasteiger partial charge in [0.25, 0.3) is 5.56 Å². The summed E-state index contributed by atoms with van der Waals surface area (Å²) in [4.78, 5) is 26.5. The molecule has 6 nitrogen and oxygen atoms in total. The highest BCUT2D eigenvalue weighted by Gasteiger charge is 2.20. The molecule has 0 saturated heterocycles. The number of nitrogens with one attached hydrogen (secondary N) is 1. The molecule has 0 fully saturated rings. The summed E-state index contributed by atoms with van der Waals surface area (Å²) in [7, 11) is 0. The Labute approximate surface area is 108 Å². The van der Waals surface area contributed by atoms with E-state index in [2.05, 4.69) is 10.1 Å². The molecule has 2 heterocycles. The molecule has 2 rings (SSSR count). The standard InChI is InChI=1S/C11H12ClN3O3/c1-3-18-11(17)9-6(2)14-15-8(16)4-7(5-12)13-10(9)15/h4,13H,3,5H2,1-2H3. The van der Waals surface area contributed by atoms with Gasteiger partial charge >= 0.3 is 5.97 Å². The lowest BCUT2D eigenvalue weighted by Crippen LogP contribution is -2.16. The van der Waals surface area contributed by atoms with E-state index in [0.29, 0.717) is 17.0 Å². The predicted octanol–water partition coefficient (Wildman–Crippen LogP) is 1.25. The summed E-state index contributed by atoms with van der Waals surface area (Å²) in [5.41, 5.74) is 1.21. The number of alkyl halides is 1. The number of halogens is 1. The number of ether oxygens (including phenoxy) is 1. The second kappa shape index (κ2) is 4.81. The van der Waals surface area contributed by atoms with Crippen molar-refractivity contribution in [2.24, 2.45) is 0 Å². The third kappa shape index (κ3) is 1.99. The molecule has 0 spiro atoms. The summed E-state index contributed by atoms with van der Waals surface area (Å²) in [6, 6.07) is 1.35. The lowest BCUT2D eigenvalue weighted by atomic mass is 10.2. The summed E-state index contributed by atoms with van der Waals surface area (Å²) in [5, 5.41) is 4.02. The van der Waals surface area contributed by atoms with E-state index in [1.54, 1.807) is 13.8 Å². The van der Waals surface area contributed by atoms with Crippen molar-refractivity contribution in [3.63, 3.8) is 0 Å².